The maximum atomic E-state index is 5.91. The molecule has 0 saturated carbocycles. The molecule has 116 valence electrons. The van der Waals surface area contributed by atoms with E-state index in [1.165, 1.54) is 5.56 Å². The summed E-state index contributed by atoms with van der Waals surface area (Å²) in [7, 11) is 1.90. The minimum atomic E-state index is 0.0329. The van der Waals surface area contributed by atoms with E-state index < -0.39 is 0 Å². The Balaban J connectivity index is 2.23. The number of halogens is 1. The number of para-hydroxylation sites is 1. The molecule has 0 radical (unpaired) electrons. The summed E-state index contributed by atoms with van der Waals surface area (Å²) in [6.07, 6.45) is 0. The lowest BCUT2D eigenvalue weighted by molar-refractivity contribution is 0.535. The van der Waals surface area contributed by atoms with Crippen molar-refractivity contribution >= 4 is 39.0 Å². The molecule has 0 aliphatic carbocycles. The molecule has 0 fully saturated rings. The van der Waals surface area contributed by atoms with Crippen molar-refractivity contribution in [2.75, 3.05) is 11.9 Å². The van der Waals surface area contributed by atoms with E-state index in [0.717, 1.165) is 15.9 Å². The van der Waals surface area contributed by atoms with Gasteiger partial charge in [0.15, 0.2) is 0 Å². The molecule has 0 N–H and O–H groups in total. The van der Waals surface area contributed by atoms with Crippen molar-refractivity contribution in [3.8, 4) is 5.75 Å². The zero-order chi connectivity index (χ0) is 16.3. The van der Waals surface area contributed by atoms with Gasteiger partial charge in [-0.25, -0.2) is 0 Å². The maximum Gasteiger partial charge on any atom is 0.269 e. The van der Waals surface area contributed by atoms with Crippen LogP contribution in [0.5, 0.6) is 5.75 Å². The Kier molecular flexibility index (Phi) is 5.24. The highest BCUT2D eigenvalue weighted by Crippen LogP contribution is 2.36. The van der Waals surface area contributed by atoms with Crippen LogP contribution in [-0.2, 0) is 5.41 Å². The van der Waals surface area contributed by atoms with E-state index in [4.69, 9.17) is 17.0 Å². The molecule has 2 aromatic carbocycles. The van der Waals surface area contributed by atoms with E-state index >= 15 is 0 Å². The van der Waals surface area contributed by atoms with Crippen molar-refractivity contribution in [1.82, 2.24) is 0 Å². The van der Waals surface area contributed by atoms with Gasteiger partial charge in [0.05, 0.1) is 4.47 Å². The van der Waals surface area contributed by atoms with Crippen LogP contribution < -0.4 is 9.64 Å². The van der Waals surface area contributed by atoms with Gasteiger partial charge >= 0.3 is 0 Å². The number of anilines is 1. The van der Waals surface area contributed by atoms with Crippen molar-refractivity contribution in [2.45, 2.75) is 26.2 Å². The van der Waals surface area contributed by atoms with Gasteiger partial charge in [0.2, 0.25) is 0 Å². The van der Waals surface area contributed by atoms with Crippen LogP contribution in [-0.4, -0.2) is 12.2 Å². The zero-order valence-corrected chi connectivity index (χ0v) is 15.7. The molecule has 0 unspecified atom stereocenters. The fourth-order valence-corrected chi connectivity index (χ4v) is 3.22. The summed E-state index contributed by atoms with van der Waals surface area (Å²) >= 11 is 9.07. The summed E-state index contributed by atoms with van der Waals surface area (Å²) in [4.78, 5) is 1.85. The summed E-state index contributed by atoms with van der Waals surface area (Å²) < 4.78 is 6.86. The molecular formula is C18H20BrNOS. The lowest BCUT2D eigenvalue weighted by Crippen LogP contribution is -2.29. The number of nitrogens with zero attached hydrogens (tertiary/aromatic N) is 1. The van der Waals surface area contributed by atoms with Gasteiger partial charge < -0.3 is 9.64 Å². The molecule has 2 nitrogen and oxygen atoms in total. The summed E-state index contributed by atoms with van der Waals surface area (Å²) in [6, 6.07) is 15.9. The van der Waals surface area contributed by atoms with Crippen molar-refractivity contribution < 1.29 is 4.74 Å². The molecule has 0 aliphatic rings. The average molecular weight is 378 g/mol. The molecule has 0 aliphatic heterocycles. The van der Waals surface area contributed by atoms with Gasteiger partial charge in [0.1, 0.15) is 5.75 Å². The van der Waals surface area contributed by atoms with E-state index in [1.807, 2.05) is 54.4 Å². The molecule has 0 amide bonds. The number of rotatable bonds is 2. The molecule has 2 aromatic rings. The molecule has 0 heterocycles. The number of hydrogen-bond donors (Lipinski definition) is 0. The monoisotopic (exact) mass is 377 g/mol. The smallest absolute Gasteiger partial charge is 0.269 e. The van der Waals surface area contributed by atoms with Gasteiger partial charge in [0, 0.05) is 12.7 Å². The Morgan fingerprint density at radius 3 is 2.27 bits per heavy atom. The van der Waals surface area contributed by atoms with E-state index in [2.05, 4.69) is 42.8 Å². The summed E-state index contributed by atoms with van der Waals surface area (Å²) in [5.41, 5.74) is 2.22. The zero-order valence-electron chi connectivity index (χ0n) is 13.3. The fourth-order valence-electron chi connectivity index (χ4n) is 2.09. The van der Waals surface area contributed by atoms with Gasteiger partial charge in [-0.2, -0.15) is 0 Å². The quantitative estimate of drug-likeness (QED) is 0.636. The molecule has 0 saturated heterocycles. The van der Waals surface area contributed by atoms with Crippen LogP contribution in [0.1, 0.15) is 26.3 Å². The van der Waals surface area contributed by atoms with Crippen LogP contribution >= 0.6 is 28.1 Å². The molecule has 0 atom stereocenters. The maximum absolute atomic E-state index is 5.91. The molecular weight excluding hydrogens is 358 g/mol. The third-order valence-corrected chi connectivity index (χ3v) is 4.56. The lowest BCUT2D eigenvalue weighted by atomic mass is 9.87. The number of thiocarbonyl (C=S) groups is 1. The first-order valence-corrected chi connectivity index (χ1v) is 8.30. The van der Waals surface area contributed by atoms with Crippen LogP contribution in [0, 0.1) is 0 Å². The first-order valence-electron chi connectivity index (χ1n) is 7.10. The van der Waals surface area contributed by atoms with Gasteiger partial charge in [-0.05, 0) is 57.3 Å². The van der Waals surface area contributed by atoms with Crippen molar-refractivity contribution in [3.05, 3.63) is 58.6 Å². The van der Waals surface area contributed by atoms with Crippen LogP contribution in [0.3, 0.4) is 0 Å². The second-order valence-corrected chi connectivity index (χ2v) is 7.27. The van der Waals surface area contributed by atoms with E-state index in [1.54, 1.807) is 0 Å². The highest BCUT2D eigenvalue weighted by molar-refractivity contribution is 9.10. The van der Waals surface area contributed by atoms with Gasteiger partial charge in [-0.3, -0.25) is 0 Å². The Morgan fingerprint density at radius 1 is 1.05 bits per heavy atom. The number of hydrogen-bond acceptors (Lipinski definition) is 2. The standard InChI is InChI=1S/C18H20BrNOS/c1-18(2,3)14-11-8-12-15(16(14)19)21-17(22)20(4)13-9-6-5-7-10-13/h5-12H,1-4H3. The first kappa shape index (κ1) is 17.0. The topological polar surface area (TPSA) is 12.5 Å². The molecule has 4 heteroatoms. The second kappa shape index (κ2) is 6.80. The third-order valence-electron chi connectivity index (χ3n) is 3.39. The summed E-state index contributed by atoms with van der Waals surface area (Å²) in [5.74, 6) is 0.736. The molecule has 0 bridgehead atoms. The fraction of sp³-hybridized carbons (Fsp3) is 0.278. The SMILES string of the molecule is CN(C(=S)Oc1cccc(C(C)(C)C)c1Br)c1ccccc1. The minimum absolute atomic E-state index is 0.0329. The minimum Gasteiger partial charge on any atom is -0.430 e. The largest absolute Gasteiger partial charge is 0.430 e. The van der Waals surface area contributed by atoms with Crippen LogP contribution in [0.15, 0.2) is 53.0 Å². The van der Waals surface area contributed by atoms with Gasteiger partial charge in [0.25, 0.3) is 5.17 Å². The molecule has 0 aromatic heterocycles. The number of ether oxygens (including phenoxy) is 1. The van der Waals surface area contributed by atoms with E-state index in [-0.39, 0.29) is 5.41 Å². The summed E-state index contributed by atoms with van der Waals surface area (Å²) in [5, 5.41) is 0.415. The Morgan fingerprint density at radius 2 is 1.68 bits per heavy atom. The normalized spacial score (nSPS) is 11.1. The van der Waals surface area contributed by atoms with Crippen LogP contribution in [0.2, 0.25) is 0 Å². The van der Waals surface area contributed by atoms with Gasteiger partial charge in [-0.15, -0.1) is 0 Å². The van der Waals surface area contributed by atoms with Gasteiger partial charge in [-0.1, -0.05) is 51.1 Å². The highest BCUT2D eigenvalue weighted by Gasteiger charge is 2.20. The van der Waals surface area contributed by atoms with Crippen molar-refractivity contribution in [3.63, 3.8) is 0 Å². The highest BCUT2D eigenvalue weighted by atomic mass is 79.9. The molecule has 0 spiro atoms. The van der Waals surface area contributed by atoms with Crippen molar-refractivity contribution in [2.24, 2.45) is 0 Å². The average Bonchev–Trinajstić information content (AvgIpc) is 2.48. The predicted octanol–water partition coefficient (Wildman–Crippen LogP) is 5.55. The Hall–Kier alpha value is -1.39. The van der Waals surface area contributed by atoms with E-state index in [9.17, 15) is 0 Å². The Bertz CT molecular complexity index is 665. The molecule has 2 rings (SSSR count). The summed E-state index contributed by atoms with van der Waals surface area (Å²) in [6.45, 7) is 6.52. The van der Waals surface area contributed by atoms with Crippen LogP contribution in [0.4, 0.5) is 5.69 Å². The Labute approximate surface area is 146 Å². The van der Waals surface area contributed by atoms with E-state index in [0.29, 0.717) is 5.17 Å². The lowest BCUT2D eigenvalue weighted by Gasteiger charge is -2.24. The van der Waals surface area contributed by atoms with Crippen molar-refractivity contribution in [1.29, 1.82) is 0 Å². The first-order chi connectivity index (χ1) is 10.3. The molecule has 22 heavy (non-hydrogen) atoms. The third kappa shape index (κ3) is 3.87. The predicted molar refractivity (Wildman–Crippen MR) is 101 cm³/mol. The number of benzene rings is 2. The van der Waals surface area contributed by atoms with Crippen LogP contribution in [0.25, 0.3) is 0 Å². The second-order valence-electron chi connectivity index (χ2n) is 6.13.